The molecule has 0 aliphatic carbocycles. The summed E-state index contributed by atoms with van der Waals surface area (Å²) >= 11 is 0. The predicted octanol–water partition coefficient (Wildman–Crippen LogP) is 9.22. The van der Waals surface area contributed by atoms with Gasteiger partial charge in [0.05, 0.1) is 0 Å². The lowest BCUT2D eigenvalue weighted by atomic mass is 9.71. The largest absolute Gasteiger partial charge is 0.0617 e. The van der Waals surface area contributed by atoms with E-state index in [4.69, 9.17) is 0 Å². The monoisotopic (exact) mass is 420 g/mol. The van der Waals surface area contributed by atoms with Crippen molar-refractivity contribution in [1.82, 2.24) is 0 Å². The molecular formula is C31H48. The molecule has 0 aliphatic heterocycles. The number of hydrogen-bond donors (Lipinski definition) is 0. The Bertz CT molecular complexity index is 899. The van der Waals surface area contributed by atoms with Gasteiger partial charge in [-0.3, -0.25) is 0 Å². The van der Waals surface area contributed by atoms with Crippen LogP contribution in [0.2, 0.25) is 0 Å². The zero-order valence-corrected chi connectivity index (χ0v) is 22.7. The van der Waals surface area contributed by atoms with Gasteiger partial charge in [-0.05, 0) is 67.4 Å². The fourth-order valence-corrected chi connectivity index (χ4v) is 4.84. The van der Waals surface area contributed by atoms with Gasteiger partial charge in [0, 0.05) is 0 Å². The van der Waals surface area contributed by atoms with Crippen LogP contribution in [-0.2, 0) is 28.1 Å². The fourth-order valence-electron chi connectivity index (χ4n) is 4.84. The molecular weight excluding hydrogens is 372 g/mol. The van der Waals surface area contributed by atoms with Crippen molar-refractivity contribution in [2.24, 2.45) is 0 Å². The van der Waals surface area contributed by atoms with Crippen molar-refractivity contribution >= 4 is 0 Å². The van der Waals surface area contributed by atoms with Crippen molar-refractivity contribution in [3.8, 4) is 0 Å². The first-order valence-corrected chi connectivity index (χ1v) is 12.1. The summed E-state index contributed by atoms with van der Waals surface area (Å²) in [4.78, 5) is 0. The second-order valence-corrected chi connectivity index (χ2v) is 13.7. The van der Waals surface area contributed by atoms with Crippen LogP contribution in [-0.4, -0.2) is 0 Å². The maximum absolute atomic E-state index is 2.50. The number of benzene rings is 2. The molecule has 2 aromatic rings. The van der Waals surface area contributed by atoms with Crippen LogP contribution in [0.5, 0.6) is 0 Å². The average molecular weight is 421 g/mol. The average Bonchev–Trinajstić information content (AvgIpc) is 2.57. The molecule has 0 heterocycles. The first-order valence-electron chi connectivity index (χ1n) is 12.1. The summed E-state index contributed by atoms with van der Waals surface area (Å²) in [5, 5.41) is 0. The van der Waals surface area contributed by atoms with Crippen LogP contribution in [0.4, 0.5) is 0 Å². The molecule has 0 spiro atoms. The first-order chi connectivity index (χ1) is 13.8. The lowest BCUT2D eigenvalue weighted by Crippen LogP contribution is -2.25. The van der Waals surface area contributed by atoms with E-state index in [1.807, 2.05) is 0 Å². The topological polar surface area (TPSA) is 0 Å². The zero-order chi connectivity index (χ0) is 24.0. The van der Waals surface area contributed by atoms with Gasteiger partial charge in [0.25, 0.3) is 0 Å². The van der Waals surface area contributed by atoms with Crippen molar-refractivity contribution in [1.29, 1.82) is 0 Å². The Morgan fingerprint density at radius 3 is 1.61 bits per heavy atom. The van der Waals surface area contributed by atoms with E-state index in [2.05, 4.69) is 126 Å². The lowest BCUT2D eigenvalue weighted by Gasteiger charge is -2.34. The van der Waals surface area contributed by atoms with E-state index >= 15 is 0 Å². The van der Waals surface area contributed by atoms with Gasteiger partial charge in [-0.2, -0.15) is 0 Å². The van der Waals surface area contributed by atoms with Gasteiger partial charge in [-0.25, -0.2) is 0 Å². The number of hydrogen-bond acceptors (Lipinski definition) is 0. The SMILES string of the molecule is CC(Cc1cccc(C(C)(C)C)c1C(C)(C)C)c1cc(C(C)(C)C)ccc1C(C)(C)C. The van der Waals surface area contributed by atoms with E-state index < -0.39 is 0 Å². The Kier molecular flexibility index (Phi) is 6.98. The molecule has 0 saturated carbocycles. The maximum Gasteiger partial charge on any atom is -0.0126 e. The Morgan fingerprint density at radius 1 is 0.613 bits per heavy atom. The molecule has 0 radical (unpaired) electrons. The van der Waals surface area contributed by atoms with Crippen LogP contribution in [0.15, 0.2) is 36.4 Å². The summed E-state index contributed by atoms with van der Waals surface area (Å²) in [5.41, 5.74) is 9.54. The molecule has 0 aromatic heterocycles. The van der Waals surface area contributed by atoms with E-state index in [1.54, 1.807) is 5.56 Å². The summed E-state index contributed by atoms with van der Waals surface area (Å²) < 4.78 is 0. The van der Waals surface area contributed by atoms with Crippen LogP contribution in [0.3, 0.4) is 0 Å². The van der Waals surface area contributed by atoms with Gasteiger partial charge in [-0.15, -0.1) is 0 Å². The van der Waals surface area contributed by atoms with Crippen molar-refractivity contribution in [2.45, 2.75) is 124 Å². The molecule has 31 heavy (non-hydrogen) atoms. The Balaban J connectivity index is 2.64. The van der Waals surface area contributed by atoms with E-state index in [0.29, 0.717) is 5.92 Å². The van der Waals surface area contributed by atoms with E-state index in [0.717, 1.165) is 6.42 Å². The van der Waals surface area contributed by atoms with E-state index in [1.165, 1.54) is 27.8 Å². The van der Waals surface area contributed by atoms with Gasteiger partial charge in [0.1, 0.15) is 0 Å². The molecule has 0 fully saturated rings. The van der Waals surface area contributed by atoms with Crippen LogP contribution >= 0.6 is 0 Å². The standard InChI is InChI=1S/C31H48/c1-21(24-20-23(28(2,3)4)17-18-25(24)29(5,6)7)19-22-15-14-16-26(30(8,9)10)27(22)31(11,12)13/h14-18,20-21H,19H2,1-13H3. The minimum atomic E-state index is 0.124. The normalized spacial score (nSPS) is 14.6. The second-order valence-electron chi connectivity index (χ2n) is 13.7. The van der Waals surface area contributed by atoms with Crippen molar-refractivity contribution in [3.05, 3.63) is 69.8 Å². The molecule has 2 rings (SSSR count). The summed E-state index contributed by atoms with van der Waals surface area (Å²) in [6.45, 7) is 30.5. The third kappa shape index (κ3) is 6.03. The number of rotatable bonds is 3. The van der Waals surface area contributed by atoms with Gasteiger partial charge in [-0.1, -0.05) is 126 Å². The van der Waals surface area contributed by atoms with Crippen molar-refractivity contribution < 1.29 is 0 Å². The van der Waals surface area contributed by atoms with Crippen LogP contribution in [0.1, 0.15) is 129 Å². The minimum absolute atomic E-state index is 0.124. The summed E-state index contributed by atoms with van der Waals surface area (Å²) in [6, 6.07) is 14.2. The fraction of sp³-hybridized carbons (Fsp3) is 0.613. The summed E-state index contributed by atoms with van der Waals surface area (Å²) in [6.07, 6.45) is 1.08. The highest BCUT2D eigenvalue weighted by Gasteiger charge is 2.29. The van der Waals surface area contributed by atoms with Crippen molar-refractivity contribution in [2.75, 3.05) is 0 Å². The molecule has 0 saturated heterocycles. The quantitative estimate of drug-likeness (QED) is 0.464. The highest BCUT2D eigenvalue weighted by molar-refractivity contribution is 5.46. The van der Waals surface area contributed by atoms with Crippen molar-refractivity contribution in [3.63, 3.8) is 0 Å². The summed E-state index contributed by atoms with van der Waals surface area (Å²) in [5.74, 6) is 0.466. The zero-order valence-electron chi connectivity index (χ0n) is 22.7. The Labute approximate surface area is 193 Å². The molecule has 172 valence electrons. The van der Waals surface area contributed by atoms with E-state index in [-0.39, 0.29) is 21.7 Å². The molecule has 1 unspecified atom stereocenters. The Hall–Kier alpha value is -1.56. The van der Waals surface area contributed by atoms with Crippen LogP contribution in [0.25, 0.3) is 0 Å². The van der Waals surface area contributed by atoms with Crippen LogP contribution < -0.4 is 0 Å². The van der Waals surface area contributed by atoms with Gasteiger partial charge in [0.2, 0.25) is 0 Å². The minimum Gasteiger partial charge on any atom is -0.0617 e. The smallest absolute Gasteiger partial charge is 0.0126 e. The highest BCUT2D eigenvalue weighted by Crippen LogP contribution is 2.40. The highest BCUT2D eigenvalue weighted by atomic mass is 14.3. The van der Waals surface area contributed by atoms with Crippen LogP contribution in [0, 0.1) is 0 Å². The van der Waals surface area contributed by atoms with Gasteiger partial charge < -0.3 is 0 Å². The summed E-state index contributed by atoms with van der Waals surface area (Å²) in [7, 11) is 0. The van der Waals surface area contributed by atoms with Gasteiger partial charge >= 0.3 is 0 Å². The molecule has 0 nitrogen and oxygen atoms in total. The molecule has 1 atom stereocenters. The maximum atomic E-state index is 2.50. The van der Waals surface area contributed by atoms with E-state index in [9.17, 15) is 0 Å². The molecule has 0 aliphatic rings. The van der Waals surface area contributed by atoms with Gasteiger partial charge in [0.15, 0.2) is 0 Å². The Morgan fingerprint density at radius 2 is 1.16 bits per heavy atom. The second kappa shape index (κ2) is 8.42. The molecule has 0 bridgehead atoms. The molecule has 2 aromatic carbocycles. The lowest BCUT2D eigenvalue weighted by molar-refractivity contribution is 0.520. The molecule has 0 N–H and O–H groups in total. The third-order valence-electron chi connectivity index (χ3n) is 6.49. The molecule has 0 amide bonds. The molecule has 0 heteroatoms. The third-order valence-corrected chi connectivity index (χ3v) is 6.49. The predicted molar refractivity (Wildman–Crippen MR) is 140 cm³/mol. The first kappa shape index (κ1) is 25.7.